The van der Waals surface area contributed by atoms with E-state index >= 15 is 0 Å². The zero-order valence-electron chi connectivity index (χ0n) is 12.4. The number of fused-ring (bicyclic) bond motifs is 2. The molecule has 2 heterocycles. The number of halogens is 2. The van der Waals surface area contributed by atoms with Crippen molar-refractivity contribution in [3.05, 3.63) is 56.9 Å². The average molecular weight is 393 g/mol. The van der Waals surface area contributed by atoms with Crippen LogP contribution in [0.3, 0.4) is 0 Å². The molecule has 1 amide bonds. The van der Waals surface area contributed by atoms with Gasteiger partial charge in [0.05, 0.1) is 15.2 Å². The van der Waals surface area contributed by atoms with Crippen molar-refractivity contribution in [2.24, 2.45) is 0 Å². The molecular formula is C17H10Cl2N2OS2. The van der Waals surface area contributed by atoms with Gasteiger partial charge in [0.15, 0.2) is 5.13 Å². The lowest BCUT2D eigenvalue weighted by Gasteiger charge is -1.98. The summed E-state index contributed by atoms with van der Waals surface area (Å²) >= 11 is 15.1. The number of benzene rings is 2. The summed E-state index contributed by atoms with van der Waals surface area (Å²) in [4.78, 5) is 17.5. The molecule has 0 aliphatic rings. The number of amides is 1. The van der Waals surface area contributed by atoms with Crippen LogP contribution in [0.1, 0.15) is 15.2 Å². The number of carbonyl (C=O) groups excluding carboxylic acids is 1. The Balaban J connectivity index is 1.69. The first-order chi connectivity index (χ1) is 11.5. The molecule has 0 saturated heterocycles. The smallest absolute Gasteiger partial charge is 0.269 e. The molecule has 0 bridgehead atoms. The summed E-state index contributed by atoms with van der Waals surface area (Å²) in [6.07, 6.45) is 0. The van der Waals surface area contributed by atoms with Crippen LogP contribution < -0.4 is 5.32 Å². The summed E-state index contributed by atoms with van der Waals surface area (Å²) in [5.41, 5.74) is 2.03. The molecule has 3 nitrogen and oxygen atoms in total. The molecule has 4 aromatic rings. The Morgan fingerprint density at radius 2 is 1.92 bits per heavy atom. The summed E-state index contributed by atoms with van der Waals surface area (Å²) in [7, 11) is 0. The quantitative estimate of drug-likeness (QED) is 0.429. The highest BCUT2D eigenvalue weighted by Crippen LogP contribution is 2.37. The van der Waals surface area contributed by atoms with E-state index in [-0.39, 0.29) is 5.91 Å². The summed E-state index contributed by atoms with van der Waals surface area (Å²) in [5.74, 6) is -0.256. The fraction of sp³-hybridized carbons (Fsp3) is 0.0588. The largest absolute Gasteiger partial charge is 0.297 e. The second-order valence-electron chi connectivity index (χ2n) is 5.33. The van der Waals surface area contributed by atoms with Gasteiger partial charge in [-0.1, -0.05) is 46.7 Å². The highest BCUT2D eigenvalue weighted by Gasteiger charge is 2.18. The highest BCUT2D eigenvalue weighted by molar-refractivity contribution is 7.23. The van der Waals surface area contributed by atoms with Gasteiger partial charge in [-0.3, -0.25) is 10.1 Å². The number of nitrogens with zero attached hydrogens (tertiary/aromatic N) is 1. The summed E-state index contributed by atoms with van der Waals surface area (Å²) in [6.45, 7) is 2.03. The van der Waals surface area contributed by atoms with Gasteiger partial charge in [0.1, 0.15) is 4.88 Å². The van der Waals surface area contributed by atoms with E-state index < -0.39 is 0 Å². The molecule has 0 spiro atoms. The van der Waals surface area contributed by atoms with Crippen molar-refractivity contribution < 1.29 is 4.79 Å². The van der Waals surface area contributed by atoms with Crippen molar-refractivity contribution in [1.82, 2.24) is 4.98 Å². The highest BCUT2D eigenvalue weighted by atomic mass is 35.5. The van der Waals surface area contributed by atoms with Crippen LogP contribution >= 0.6 is 45.9 Å². The van der Waals surface area contributed by atoms with Crippen molar-refractivity contribution in [2.75, 3.05) is 5.32 Å². The Kier molecular flexibility index (Phi) is 3.96. The van der Waals surface area contributed by atoms with Crippen LogP contribution in [0.4, 0.5) is 5.13 Å². The first-order valence-electron chi connectivity index (χ1n) is 7.07. The number of thiophene rings is 1. The van der Waals surface area contributed by atoms with Crippen molar-refractivity contribution in [3.8, 4) is 0 Å². The lowest BCUT2D eigenvalue weighted by Crippen LogP contribution is -2.10. The number of rotatable bonds is 2. The van der Waals surface area contributed by atoms with E-state index in [1.165, 1.54) is 22.7 Å². The van der Waals surface area contributed by atoms with Gasteiger partial charge in [-0.2, -0.15) is 0 Å². The van der Waals surface area contributed by atoms with Crippen LogP contribution in [0.15, 0.2) is 36.4 Å². The Bertz CT molecular complexity index is 1100. The number of carbonyl (C=O) groups is 1. The number of hydrogen-bond donors (Lipinski definition) is 1. The summed E-state index contributed by atoms with van der Waals surface area (Å²) < 4.78 is 1.93. The Morgan fingerprint density at radius 3 is 2.75 bits per heavy atom. The zero-order valence-corrected chi connectivity index (χ0v) is 15.5. The summed E-state index contributed by atoms with van der Waals surface area (Å²) in [5, 5.41) is 5.30. The molecule has 0 radical (unpaired) electrons. The zero-order chi connectivity index (χ0) is 16.8. The Labute approximate surface area is 155 Å². The minimum atomic E-state index is -0.256. The standard InChI is InChI=1S/C17H10Cl2N2OS2/c1-8-2-5-11-13(6-8)24-17(20-11)21-16(22)15-14(19)10-4-3-9(18)7-12(10)23-15/h2-7H,1H3,(H,20,21,22). The SMILES string of the molecule is Cc1ccc2nc(NC(=O)c3sc4cc(Cl)ccc4c3Cl)sc2c1. The second kappa shape index (κ2) is 6.01. The molecule has 4 rings (SSSR count). The average Bonchev–Trinajstić information content (AvgIpc) is 3.07. The summed E-state index contributed by atoms with van der Waals surface area (Å²) in [6, 6.07) is 11.4. The number of aromatic nitrogens is 1. The van der Waals surface area contributed by atoms with Crippen LogP contribution in [0.5, 0.6) is 0 Å². The third-order valence-corrected chi connectivity index (χ3v) is 6.39. The second-order valence-corrected chi connectivity index (χ2v) is 8.23. The van der Waals surface area contributed by atoms with Gasteiger partial charge in [-0.05, 0) is 36.8 Å². The van der Waals surface area contributed by atoms with Gasteiger partial charge in [0, 0.05) is 15.1 Å². The molecule has 0 aliphatic carbocycles. The fourth-order valence-corrected chi connectivity index (χ4v) is 5.07. The predicted molar refractivity (Wildman–Crippen MR) is 104 cm³/mol. The van der Waals surface area contributed by atoms with Crippen LogP contribution in [0, 0.1) is 6.92 Å². The number of nitrogens with one attached hydrogen (secondary N) is 1. The first-order valence-corrected chi connectivity index (χ1v) is 9.46. The molecule has 0 unspecified atom stereocenters. The maximum atomic E-state index is 12.6. The van der Waals surface area contributed by atoms with Crippen molar-refractivity contribution in [2.45, 2.75) is 6.92 Å². The van der Waals surface area contributed by atoms with Crippen LogP contribution in [-0.2, 0) is 0 Å². The van der Waals surface area contributed by atoms with Crippen LogP contribution in [0.2, 0.25) is 10.0 Å². The minimum Gasteiger partial charge on any atom is -0.297 e. The van der Waals surface area contributed by atoms with Crippen molar-refractivity contribution in [3.63, 3.8) is 0 Å². The molecule has 1 N–H and O–H groups in total. The van der Waals surface area contributed by atoms with E-state index in [1.54, 1.807) is 6.07 Å². The molecule has 0 aliphatic heterocycles. The lowest BCUT2D eigenvalue weighted by molar-refractivity contribution is 0.103. The fourth-order valence-electron chi connectivity index (χ4n) is 2.42. The topological polar surface area (TPSA) is 42.0 Å². The maximum absolute atomic E-state index is 12.6. The van der Waals surface area contributed by atoms with E-state index in [9.17, 15) is 4.79 Å². The van der Waals surface area contributed by atoms with Gasteiger partial charge >= 0.3 is 0 Å². The molecule has 24 heavy (non-hydrogen) atoms. The normalized spacial score (nSPS) is 11.3. The van der Waals surface area contributed by atoms with Crippen molar-refractivity contribution in [1.29, 1.82) is 0 Å². The predicted octanol–water partition coefficient (Wildman–Crippen LogP) is 6.38. The van der Waals surface area contributed by atoms with Crippen LogP contribution in [0.25, 0.3) is 20.3 Å². The molecule has 120 valence electrons. The molecule has 7 heteroatoms. The molecule has 2 aromatic carbocycles. The monoisotopic (exact) mass is 392 g/mol. The van der Waals surface area contributed by atoms with E-state index in [2.05, 4.69) is 16.4 Å². The first kappa shape index (κ1) is 15.8. The maximum Gasteiger partial charge on any atom is 0.269 e. The van der Waals surface area contributed by atoms with E-state index in [1.807, 2.05) is 31.2 Å². The Morgan fingerprint density at radius 1 is 1.08 bits per heavy atom. The van der Waals surface area contributed by atoms with E-state index in [0.29, 0.717) is 20.1 Å². The molecule has 0 saturated carbocycles. The number of aryl methyl sites for hydroxylation is 1. The number of anilines is 1. The van der Waals surface area contributed by atoms with Gasteiger partial charge < -0.3 is 0 Å². The third-order valence-electron chi connectivity index (χ3n) is 3.56. The molecule has 0 fully saturated rings. The number of hydrogen-bond acceptors (Lipinski definition) is 4. The van der Waals surface area contributed by atoms with Crippen molar-refractivity contribution >= 4 is 77.2 Å². The Hall–Kier alpha value is -1.66. The third kappa shape index (κ3) is 2.78. The number of thiazole rings is 1. The van der Waals surface area contributed by atoms with E-state index in [4.69, 9.17) is 23.2 Å². The lowest BCUT2D eigenvalue weighted by atomic mass is 10.2. The molecule has 2 aromatic heterocycles. The minimum absolute atomic E-state index is 0.256. The van der Waals surface area contributed by atoms with Gasteiger partial charge in [-0.15, -0.1) is 11.3 Å². The molecule has 0 atom stereocenters. The van der Waals surface area contributed by atoms with E-state index in [0.717, 1.165) is 25.9 Å². The molecular weight excluding hydrogens is 383 g/mol. The van der Waals surface area contributed by atoms with Gasteiger partial charge in [-0.25, -0.2) is 4.98 Å². The van der Waals surface area contributed by atoms with Gasteiger partial charge in [0.25, 0.3) is 5.91 Å². The van der Waals surface area contributed by atoms with Crippen LogP contribution in [-0.4, -0.2) is 10.9 Å². The van der Waals surface area contributed by atoms with Gasteiger partial charge in [0.2, 0.25) is 0 Å².